The van der Waals surface area contributed by atoms with E-state index in [1.807, 2.05) is 67.8 Å². The number of halogens is 8. The SMILES string of the molecule is O=C(Oc1c(I)cc(I)cc1I)c1ccccc1C(=O)OC(C(F)(F)F)C(F)(F)S(=O)(=O)O. The molecule has 0 fully saturated rings. The molecule has 7 nitrogen and oxygen atoms in total. The van der Waals surface area contributed by atoms with Crippen molar-refractivity contribution in [3.63, 3.8) is 0 Å². The van der Waals surface area contributed by atoms with E-state index in [1.54, 1.807) is 12.1 Å². The molecule has 0 spiro atoms. The summed E-state index contributed by atoms with van der Waals surface area (Å²) >= 11 is 5.73. The third-order valence-electron chi connectivity index (χ3n) is 3.70. The van der Waals surface area contributed by atoms with Crippen LogP contribution in [-0.4, -0.2) is 42.4 Å². The van der Waals surface area contributed by atoms with Crippen LogP contribution < -0.4 is 4.74 Å². The second-order valence-electron chi connectivity index (χ2n) is 6.00. The van der Waals surface area contributed by atoms with Gasteiger partial charge in [0.1, 0.15) is 0 Å². The largest absolute Gasteiger partial charge is 0.441 e. The molecule has 0 aromatic heterocycles. The molecule has 2 aromatic rings. The molecule has 180 valence electrons. The fourth-order valence-electron chi connectivity index (χ4n) is 2.24. The normalized spacial score (nSPS) is 13.4. The lowest BCUT2D eigenvalue weighted by Crippen LogP contribution is -2.52. The van der Waals surface area contributed by atoms with Crippen LogP contribution in [0.5, 0.6) is 5.75 Å². The number of carbonyl (C=O) groups excluding carboxylic acids is 2. The molecule has 0 amide bonds. The topological polar surface area (TPSA) is 107 Å². The van der Waals surface area contributed by atoms with Gasteiger partial charge in [0.15, 0.2) is 5.75 Å². The molecule has 2 aromatic carbocycles. The van der Waals surface area contributed by atoms with Gasteiger partial charge in [0.25, 0.3) is 6.10 Å². The van der Waals surface area contributed by atoms with Gasteiger partial charge < -0.3 is 9.47 Å². The zero-order chi connectivity index (χ0) is 25.4. The highest BCUT2D eigenvalue weighted by Crippen LogP contribution is 2.38. The summed E-state index contributed by atoms with van der Waals surface area (Å²) in [5, 5.41) is -5.91. The smallest absolute Gasteiger partial charge is 0.432 e. The Morgan fingerprint density at radius 3 is 1.79 bits per heavy atom. The van der Waals surface area contributed by atoms with E-state index in [1.165, 1.54) is 6.07 Å². The summed E-state index contributed by atoms with van der Waals surface area (Å²) in [5.41, 5.74) is -1.54. The maximum Gasteiger partial charge on any atom is 0.432 e. The number of carbonyl (C=O) groups is 2. The fourth-order valence-corrected chi connectivity index (χ4v) is 6.50. The Morgan fingerprint density at radius 1 is 0.909 bits per heavy atom. The average molecular weight is 832 g/mol. The highest BCUT2D eigenvalue weighted by molar-refractivity contribution is 14.1. The van der Waals surface area contributed by atoms with Gasteiger partial charge in [-0.05, 0) is 92.0 Å². The first-order valence-corrected chi connectivity index (χ1v) is 12.7. The van der Waals surface area contributed by atoms with Crippen LogP contribution in [-0.2, 0) is 14.9 Å². The maximum atomic E-state index is 13.7. The number of esters is 2. The zero-order valence-electron chi connectivity index (χ0n) is 15.4. The first-order chi connectivity index (χ1) is 15.0. The van der Waals surface area contributed by atoms with Crippen LogP contribution in [0.3, 0.4) is 0 Å². The highest BCUT2D eigenvalue weighted by Gasteiger charge is 2.66. The van der Waals surface area contributed by atoms with Crippen molar-refractivity contribution in [2.75, 3.05) is 0 Å². The minimum absolute atomic E-state index is 0.0795. The van der Waals surface area contributed by atoms with Crippen LogP contribution in [0.15, 0.2) is 36.4 Å². The summed E-state index contributed by atoms with van der Waals surface area (Å²) in [4.78, 5) is 24.9. The molecular formula is C17H8F5I3O7S. The van der Waals surface area contributed by atoms with E-state index in [0.29, 0.717) is 7.14 Å². The summed E-state index contributed by atoms with van der Waals surface area (Å²) in [6.07, 6.45) is -10.6. The number of hydrogen-bond donors (Lipinski definition) is 1. The minimum Gasteiger partial charge on any atom is -0.441 e. The predicted octanol–water partition coefficient (Wildman–Crippen LogP) is 5.29. The van der Waals surface area contributed by atoms with Gasteiger partial charge in [-0.15, -0.1) is 0 Å². The molecule has 0 bridgehead atoms. The molecule has 1 unspecified atom stereocenters. The molecule has 0 aliphatic heterocycles. The van der Waals surface area contributed by atoms with Gasteiger partial charge in [-0.25, -0.2) is 9.59 Å². The lowest BCUT2D eigenvalue weighted by molar-refractivity contribution is -0.248. The molecule has 1 N–H and O–H groups in total. The van der Waals surface area contributed by atoms with Crippen molar-refractivity contribution in [1.29, 1.82) is 0 Å². The minimum atomic E-state index is -6.62. The molecular weight excluding hydrogens is 824 g/mol. The maximum absolute atomic E-state index is 13.7. The molecule has 2 rings (SSSR count). The Kier molecular flexibility index (Phi) is 8.94. The van der Waals surface area contributed by atoms with Crippen LogP contribution in [0.2, 0.25) is 0 Å². The van der Waals surface area contributed by atoms with Gasteiger partial charge in [0.2, 0.25) is 0 Å². The Hall–Kier alpha value is -0.870. The van der Waals surface area contributed by atoms with Gasteiger partial charge in [0, 0.05) is 3.57 Å². The summed E-state index contributed by atoms with van der Waals surface area (Å²) in [5.74, 6) is -3.24. The van der Waals surface area contributed by atoms with Crippen LogP contribution in [0.1, 0.15) is 20.7 Å². The number of alkyl halides is 5. The van der Waals surface area contributed by atoms with E-state index in [9.17, 15) is 40.0 Å². The van der Waals surface area contributed by atoms with Crippen molar-refractivity contribution in [2.24, 2.45) is 0 Å². The summed E-state index contributed by atoms with van der Waals surface area (Å²) in [6.45, 7) is 0. The molecule has 16 heteroatoms. The van der Waals surface area contributed by atoms with Gasteiger partial charge in [0.05, 0.1) is 18.3 Å². The number of benzene rings is 2. The molecule has 0 aliphatic rings. The van der Waals surface area contributed by atoms with E-state index in [0.717, 1.165) is 21.8 Å². The number of rotatable bonds is 6. The van der Waals surface area contributed by atoms with E-state index >= 15 is 0 Å². The van der Waals surface area contributed by atoms with Crippen LogP contribution in [0.4, 0.5) is 22.0 Å². The van der Waals surface area contributed by atoms with Crippen LogP contribution in [0.25, 0.3) is 0 Å². The van der Waals surface area contributed by atoms with E-state index in [2.05, 4.69) is 4.74 Å². The third-order valence-corrected chi connectivity index (χ3v) is 6.82. The van der Waals surface area contributed by atoms with Gasteiger partial charge in [-0.3, -0.25) is 4.55 Å². The molecule has 0 radical (unpaired) electrons. The van der Waals surface area contributed by atoms with E-state index in [4.69, 9.17) is 9.29 Å². The lowest BCUT2D eigenvalue weighted by atomic mass is 10.1. The molecule has 0 aliphatic carbocycles. The van der Waals surface area contributed by atoms with Crippen molar-refractivity contribution in [1.82, 2.24) is 0 Å². The van der Waals surface area contributed by atoms with Crippen molar-refractivity contribution in [3.05, 3.63) is 58.2 Å². The summed E-state index contributed by atoms with van der Waals surface area (Å²) < 4.78 is 107. The van der Waals surface area contributed by atoms with E-state index < -0.39 is 50.7 Å². The number of hydrogen-bond acceptors (Lipinski definition) is 6. The summed E-state index contributed by atoms with van der Waals surface area (Å²) in [7, 11) is -6.62. The monoisotopic (exact) mass is 832 g/mol. The van der Waals surface area contributed by atoms with Crippen LogP contribution in [0, 0.1) is 10.7 Å². The van der Waals surface area contributed by atoms with Gasteiger partial charge in [-0.2, -0.15) is 30.4 Å². The fraction of sp³-hybridized carbons (Fsp3) is 0.176. The van der Waals surface area contributed by atoms with Crippen LogP contribution >= 0.6 is 67.8 Å². The lowest BCUT2D eigenvalue weighted by Gasteiger charge is -2.26. The first-order valence-electron chi connectivity index (χ1n) is 8.05. The number of ether oxygens (including phenoxy) is 2. The Bertz CT molecular complexity index is 1180. The van der Waals surface area contributed by atoms with Crippen molar-refractivity contribution in [2.45, 2.75) is 17.5 Å². The van der Waals surface area contributed by atoms with Crippen molar-refractivity contribution >= 4 is 89.8 Å². The predicted molar refractivity (Wildman–Crippen MR) is 128 cm³/mol. The second-order valence-corrected chi connectivity index (χ2v) is 11.1. The Morgan fingerprint density at radius 2 is 1.36 bits per heavy atom. The Labute approximate surface area is 223 Å². The van der Waals surface area contributed by atoms with E-state index in [-0.39, 0.29) is 5.75 Å². The summed E-state index contributed by atoms with van der Waals surface area (Å²) in [6, 6.07) is 7.37. The molecule has 1 atom stereocenters. The first kappa shape index (κ1) is 28.4. The highest BCUT2D eigenvalue weighted by atomic mass is 127. The quantitative estimate of drug-likeness (QED) is 0.139. The van der Waals surface area contributed by atoms with Crippen molar-refractivity contribution in [3.8, 4) is 5.75 Å². The Balaban J connectivity index is 2.43. The molecule has 0 saturated carbocycles. The van der Waals surface area contributed by atoms with Crippen molar-refractivity contribution < 1.29 is 54.0 Å². The van der Waals surface area contributed by atoms with Gasteiger partial charge >= 0.3 is 33.5 Å². The standard InChI is InChI=1S/C17H8F5I3O7S/c18-16(19,20)15(17(21,22)33(28,29)30)32-14(27)9-4-2-1-3-8(9)13(26)31-12-10(24)5-7(23)6-11(12)25/h1-6,15H,(H,28,29,30). The molecule has 0 heterocycles. The molecule has 33 heavy (non-hydrogen) atoms. The average Bonchev–Trinajstić information content (AvgIpc) is 2.66. The van der Waals surface area contributed by atoms with Gasteiger partial charge in [-0.1, -0.05) is 12.1 Å². The molecule has 0 saturated heterocycles. The second kappa shape index (κ2) is 10.4. The zero-order valence-corrected chi connectivity index (χ0v) is 22.7. The third kappa shape index (κ3) is 6.63.